The summed E-state index contributed by atoms with van der Waals surface area (Å²) in [5.41, 5.74) is 2.42. The molecule has 2 unspecified atom stereocenters. The molecule has 2 aliphatic heterocycles. The van der Waals surface area contributed by atoms with E-state index in [2.05, 4.69) is 54.3 Å². The lowest BCUT2D eigenvalue weighted by molar-refractivity contribution is 0.0409. The number of benzene rings is 2. The second-order valence-corrected chi connectivity index (χ2v) is 10.4. The highest BCUT2D eigenvalue weighted by atomic mass is 32.2. The summed E-state index contributed by atoms with van der Waals surface area (Å²) in [6.07, 6.45) is 10.7. The van der Waals surface area contributed by atoms with Gasteiger partial charge in [0.25, 0.3) is 0 Å². The molecule has 1 aliphatic carbocycles. The van der Waals surface area contributed by atoms with Crippen LogP contribution >= 0.6 is 11.8 Å². The topological polar surface area (TPSA) is 41.9 Å². The molecule has 0 amide bonds. The van der Waals surface area contributed by atoms with Gasteiger partial charge in [0.1, 0.15) is 17.6 Å². The van der Waals surface area contributed by atoms with Gasteiger partial charge in [-0.1, -0.05) is 61.9 Å². The Labute approximate surface area is 201 Å². The molecule has 0 spiro atoms. The van der Waals surface area contributed by atoms with Crippen LogP contribution in [0.3, 0.4) is 0 Å². The van der Waals surface area contributed by atoms with Gasteiger partial charge in [0.2, 0.25) is 0 Å². The lowest BCUT2D eigenvalue weighted by atomic mass is 9.90. The zero-order valence-electron chi connectivity index (χ0n) is 19.2. The van der Waals surface area contributed by atoms with Crippen molar-refractivity contribution in [3.63, 3.8) is 0 Å². The molecule has 5 heteroatoms. The first kappa shape index (κ1) is 22.6. The van der Waals surface area contributed by atoms with Crippen LogP contribution in [-0.4, -0.2) is 48.5 Å². The van der Waals surface area contributed by atoms with Gasteiger partial charge in [0, 0.05) is 18.5 Å². The van der Waals surface area contributed by atoms with E-state index in [4.69, 9.17) is 9.47 Å². The van der Waals surface area contributed by atoms with Crippen LogP contribution in [0.25, 0.3) is 0 Å². The number of fused-ring (bicyclic) bond motifs is 1. The smallest absolute Gasteiger partial charge is 0.140 e. The molecular formula is C28H33NO3S. The standard InChI is InChI=1S/C28H33NO3S/c1-20-18-22(10-12-24(20)31-17-16-29-14-6-3-7-15-29)27-28(21-8-4-2-5-9-21)33-26-13-11-23(30)19-25(26)32-27/h2,4-5,8-13,18-20,24,27-28,30H,3,6-7,14-17H2,1H3/t20?,24?,27-,28+/m0/s1. The maximum absolute atomic E-state index is 9.98. The first-order chi connectivity index (χ1) is 16.2. The quantitative estimate of drug-likeness (QED) is 0.570. The lowest BCUT2D eigenvalue weighted by Crippen LogP contribution is -2.35. The monoisotopic (exact) mass is 463 g/mol. The SMILES string of the molecule is CC1C=C([C@@H]2Oc3cc(O)ccc3S[C@@H]2c2ccccc2)C=CC1OCCN1CCCCC1. The zero-order chi connectivity index (χ0) is 22.6. The van der Waals surface area contributed by atoms with Crippen molar-refractivity contribution < 1.29 is 14.6 Å². The molecule has 2 aromatic carbocycles. The van der Waals surface area contributed by atoms with Crippen molar-refractivity contribution in [2.75, 3.05) is 26.2 Å². The summed E-state index contributed by atoms with van der Waals surface area (Å²) < 4.78 is 12.8. The van der Waals surface area contributed by atoms with Gasteiger partial charge in [0.05, 0.1) is 22.9 Å². The fraction of sp³-hybridized carbons (Fsp3) is 0.429. The molecule has 5 rings (SSSR count). The largest absolute Gasteiger partial charge is 0.508 e. The Bertz CT molecular complexity index is 999. The number of piperidine rings is 1. The average molecular weight is 464 g/mol. The molecule has 33 heavy (non-hydrogen) atoms. The number of ether oxygens (including phenoxy) is 2. The summed E-state index contributed by atoms with van der Waals surface area (Å²) in [5, 5.41) is 10.1. The molecule has 0 saturated carbocycles. The van der Waals surface area contributed by atoms with Crippen molar-refractivity contribution in [3.05, 3.63) is 77.9 Å². The molecule has 3 aliphatic rings. The van der Waals surface area contributed by atoms with E-state index in [0.29, 0.717) is 0 Å². The Kier molecular flexibility index (Phi) is 7.10. The predicted octanol–water partition coefficient (Wildman–Crippen LogP) is 5.99. The van der Waals surface area contributed by atoms with Gasteiger partial charge in [-0.3, -0.25) is 0 Å². The molecule has 174 valence electrons. The number of thioether (sulfide) groups is 1. The van der Waals surface area contributed by atoms with E-state index in [1.165, 1.54) is 43.5 Å². The molecular weight excluding hydrogens is 430 g/mol. The van der Waals surface area contributed by atoms with E-state index >= 15 is 0 Å². The van der Waals surface area contributed by atoms with Gasteiger partial charge in [0.15, 0.2) is 0 Å². The van der Waals surface area contributed by atoms with Crippen LogP contribution in [0.1, 0.15) is 37.0 Å². The predicted molar refractivity (Wildman–Crippen MR) is 134 cm³/mol. The average Bonchev–Trinajstić information content (AvgIpc) is 2.85. The summed E-state index contributed by atoms with van der Waals surface area (Å²) in [5.74, 6) is 1.26. The molecule has 1 N–H and O–H groups in total. The van der Waals surface area contributed by atoms with Gasteiger partial charge >= 0.3 is 0 Å². The minimum Gasteiger partial charge on any atom is -0.508 e. The van der Waals surface area contributed by atoms with E-state index < -0.39 is 0 Å². The van der Waals surface area contributed by atoms with Crippen LogP contribution in [0.15, 0.2) is 77.2 Å². The summed E-state index contributed by atoms with van der Waals surface area (Å²) in [6, 6.07) is 15.9. The number of aromatic hydroxyl groups is 1. The van der Waals surface area contributed by atoms with Gasteiger partial charge in [-0.15, -0.1) is 11.8 Å². The lowest BCUT2D eigenvalue weighted by Gasteiger charge is -2.36. The number of hydrogen-bond donors (Lipinski definition) is 1. The number of phenolic OH excluding ortho intramolecular Hbond substituents is 1. The highest BCUT2D eigenvalue weighted by molar-refractivity contribution is 7.99. The Morgan fingerprint density at radius 2 is 1.91 bits per heavy atom. The molecule has 0 aromatic heterocycles. The second-order valence-electron chi connectivity index (χ2n) is 9.24. The Morgan fingerprint density at radius 3 is 2.70 bits per heavy atom. The van der Waals surface area contributed by atoms with Crippen molar-refractivity contribution in [2.24, 2.45) is 5.92 Å². The van der Waals surface area contributed by atoms with E-state index in [9.17, 15) is 5.11 Å². The van der Waals surface area contributed by atoms with E-state index in [1.54, 1.807) is 23.9 Å². The highest BCUT2D eigenvalue weighted by Gasteiger charge is 2.35. The maximum Gasteiger partial charge on any atom is 0.140 e. The van der Waals surface area contributed by atoms with Crippen LogP contribution in [0.4, 0.5) is 0 Å². The minimum absolute atomic E-state index is 0.0984. The number of rotatable bonds is 6. The van der Waals surface area contributed by atoms with Gasteiger partial charge in [-0.2, -0.15) is 0 Å². The zero-order valence-corrected chi connectivity index (χ0v) is 20.0. The molecule has 1 fully saturated rings. The fourth-order valence-electron chi connectivity index (χ4n) is 4.94. The highest BCUT2D eigenvalue weighted by Crippen LogP contribution is 2.50. The molecule has 0 bridgehead atoms. The van der Waals surface area contributed by atoms with E-state index in [-0.39, 0.29) is 29.1 Å². The normalized spacial score (nSPS) is 27.5. The Morgan fingerprint density at radius 1 is 1.09 bits per heavy atom. The summed E-state index contributed by atoms with van der Waals surface area (Å²) in [6.45, 7) is 6.43. The summed E-state index contributed by atoms with van der Waals surface area (Å²) >= 11 is 1.80. The van der Waals surface area contributed by atoms with Crippen LogP contribution in [0.2, 0.25) is 0 Å². The molecule has 4 nitrogen and oxygen atoms in total. The van der Waals surface area contributed by atoms with Crippen LogP contribution < -0.4 is 4.74 Å². The molecule has 2 heterocycles. The number of phenols is 1. The summed E-state index contributed by atoms with van der Waals surface area (Å²) in [4.78, 5) is 3.58. The molecule has 0 radical (unpaired) electrons. The Balaban J connectivity index is 1.30. The number of hydrogen-bond acceptors (Lipinski definition) is 5. The van der Waals surface area contributed by atoms with Crippen molar-refractivity contribution in [1.29, 1.82) is 0 Å². The van der Waals surface area contributed by atoms with Gasteiger partial charge in [-0.25, -0.2) is 0 Å². The van der Waals surface area contributed by atoms with Crippen LogP contribution in [0, 0.1) is 5.92 Å². The van der Waals surface area contributed by atoms with Crippen molar-refractivity contribution in [3.8, 4) is 11.5 Å². The number of likely N-dealkylation sites (tertiary alicyclic amines) is 1. The third-order valence-corrected chi connectivity index (χ3v) is 8.15. The molecule has 4 atom stereocenters. The molecule has 2 aromatic rings. The van der Waals surface area contributed by atoms with Crippen molar-refractivity contribution in [2.45, 2.75) is 48.5 Å². The number of nitrogens with zero attached hydrogens (tertiary/aromatic N) is 1. The van der Waals surface area contributed by atoms with Crippen molar-refractivity contribution in [1.82, 2.24) is 4.90 Å². The van der Waals surface area contributed by atoms with Crippen molar-refractivity contribution >= 4 is 11.8 Å². The Hall–Kier alpha value is -2.21. The maximum atomic E-state index is 9.98. The van der Waals surface area contributed by atoms with Gasteiger partial charge in [-0.05, 0) is 49.2 Å². The third-order valence-electron chi connectivity index (χ3n) is 6.79. The van der Waals surface area contributed by atoms with Crippen LogP contribution in [-0.2, 0) is 4.74 Å². The fourth-order valence-corrected chi connectivity index (χ4v) is 6.22. The first-order valence-corrected chi connectivity index (χ1v) is 13.0. The first-order valence-electron chi connectivity index (χ1n) is 12.1. The summed E-state index contributed by atoms with van der Waals surface area (Å²) in [7, 11) is 0. The molecule has 1 saturated heterocycles. The van der Waals surface area contributed by atoms with Gasteiger partial charge < -0.3 is 19.5 Å². The van der Waals surface area contributed by atoms with E-state index in [1.807, 2.05) is 12.1 Å². The van der Waals surface area contributed by atoms with E-state index in [0.717, 1.165) is 23.8 Å². The third kappa shape index (κ3) is 5.32. The minimum atomic E-state index is -0.125. The second kappa shape index (κ2) is 10.4. The van der Waals surface area contributed by atoms with Crippen LogP contribution in [0.5, 0.6) is 11.5 Å².